The first kappa shape index (κ1) is 16.5. The number of hydrogen-bond acceptors (Lipinski definition) is 5. The zero-order chi connectivity index (χ0) is 17.1. The lowest BCUT2D eigenvalue weighted by molar-refractivity contribution is 0.0527. The van der Waals surface area contributed by atoms with E-state index in [-0.39, 0.29) is 11.9 Å². The first-order valence-corrected chi connectivity index (χ1v) is 8.72. The second-order valence-electron chi connectivity index (χ2n) is 5.47. The molecule has 126 valence electrons. The Balaban J connectivity index is 1.89. The van der Waals surface area contributed by atoms with E-state index in [0.29, 0.717) is 28.5 Å². The fourth-order valence-electron chi connectivity index (χ4n) is 2.85. The predicted octanol–water partition coefficient (Wildman–Crippen LogP) is 3.67. The van der Waals surface area contributed by atoms with Crippen molar-refractivity contribution in [1.29, 1.82) is 0 Å². The molecule has 0 saturated heterocycles. The molecule has 0 radical (unpaired) electrons. The van der Waals surface area contributed by atoms with E-state index in [4.69, 9.17) is 9.47 Å². The number of nitrogens with one attached hydrogen (secondary N) is 1. The highest BCUT2D eigenvalue weighted by molar-refractivity contribution is 7.17. The SMILES string of the molecule is CCOC(=O)c1c(NC(=O)c2cccc(OC)c2)sc2c1CCC2. The van der Waals surface area contributed by atoms with Gasteiger partial charge in [0, 0.05) is 10.4 Å². The molecule has 6 heteroatoms. The Hall–Kier alpha value is -2.34. The van der Waals surface area contributed by atoms with Crippen LogP contribution >= 0.6 is 11.3 Å². The zero-order valence-electron chi connectivity index (χ0n) is 13.7. The largest absolute Gasteiger partial charge is 0.497 e. The Morgan fingerprint density at radius 2 is 2.12 bits per heavy atom. The second-order valence-corrected chi connectivity index (χ2v) is 6.57. The molecule has 1 aliphatic rings. The summed E-state index contributed by atoms with van der Waals surface area (Å²) in [6.07, 6.45) is 2.84. The van der Waals surface area contributed by atoms with Gasteiger partial charge in [-0.3, -0.25) is 4.79 Å². The molecule has 0 atom stereocenters. The smallest absolute Gasteiger partial charge is 0.341 e. The van der Waals surface area contributed by atoms with Crippen molar-refractivity contribution in [2.75, 3.05) is 19.0 Å². The van der Waals surface area contributed by atoms with Crippen molar-refractivity contribution < 1.29 is 19.1 Å². The summed E-state index contributed by atoms with van der Waals surface area (Å²) in [5.74, 6) is -0.0147. The number of carbonyl (C=O) groups excluding carboxylic acids is 2. The highest BCUT2D eigenvalue weighted by Gasteiger charge is 2.28. The van der Waals surface area contributed by atoms with Crippen LogP contribution in [0, 0.1) is 0 Å². The van der Waals surface area contributed by atoms with Crippen LogP contribution in [0.25, 0.3) is 0 Å². The minimum atomic E-state index is -0.363. The third kappa shape index (κ3) is 3.14. The number of esters is 1. The third-order valence-corrected chi connectivity index (χ3v) is 5.17. The second kappa shape index (κ2) is 7.05. The van der Waals surface area contributed by atoms with Gasteiger partial charge in [-0.15, -0.1) is 11.3 Å². The van der Waals surface area contributed by atoms with Gasteiger partial charge in [-0.25, -0.2) is 4.79 Å². The minimum Gasteiger partial charge on any atom is -0.497 e. The van der Waals surface area contributed by atoms with E-state index in [2.05, 4.69) is 5.32 Å². The van der Waals surface area contributed by atoms with Crippen LogP contribution in [-0.4, -0.2) is 25.6 Å². The molecule has 1 aromatic carbocycles. The van der Waals surface area contributed by atoms with Gasteiger partial charge in [0.1, 0.15) is 10.8 Å². The summed E-state index contributed by atoms with van der Waals surface area (Å²) >= 11 is 1.47. The number of anilines is 1. The first-order valence-electron chi connectivity index (χ1n) is 7.91. The van der Waals surface area contributed by atoms with Gasteiger partial charge in [0.25, 0.3) is 5.91 Å². The number of benzene rings is 1. The molecule has 24 heavy (non-hydrogen) atoms. The molecule has 1 amide bonds. The zero-order valence-corrected chi connectivity index (χ0v) is 14.5. The van der Waals surface area contributed by atoms with Gasteiger partial charge in [0.15, 0.2) is 0 Å². The number of carbonyl (C=O) groups is 2. The fourth-order valence-corrected chi connectivity index (χ4v) is 4.12. The summed E-state index contributed by atoms with van der Waals surface area (Å²) in [5, 5.41) is 3.45. The Bertz CT molecular complexity index is 781. The van der Waals surface area contributed by atoms with Crippen LogP contribution in [0.5, 0.6) is 5.75 Å². The van der Waals surface area contributed by atoms with Crippen molar-refractivity contribution in [2.24, 2.45) is 0 Å². The van der Waals surface area contributed by atoms with Gasteiger partial charge in [0.2, 0.25) is 0 Å². The lowest BCUT2D eigenvalue weighted by Gasteiger charge is -2.08. The maximum absolute atomic E-state index is 12.5. The van der Waals surface area contributed by atoms with Crippen molar-refractivity contribution in [1.82, 2.24) is 0 Å². The van der Waals surface area contributed by atoms with Gasteiger partial charge in [-0.1, -0.05) is 6.07 Å². The standard InChI is InChI=1S/C18H19NO4S/c1-3-23-18(21)15-13-8-5-9-14(13)24-17(15)19-16(20)11-6-4-7-12(10-11)22-2/h4,6-7,10H,3,5,8-9H2,1-2H3,(H,19,20). The number of ether oxygens (including phenoxy) is 2. The Morgan fingerprint density at radius 1 is 1.29 bits per heavy atom. The molecule has 0 spiro atoms. The molecule has 1 heterocycles. The Kier molecular flexibility index (Phi) is 4.85. The molecule has 3 rings (SSSR count). The number of thiophene rings is 1. The van der Waals surface area contributed by atoms with E-state index in [1.165, 1.54) is 16.2 Å². The molecule has 0 aliphatic heterocycles. The van der Waals surface area contributed by atoms with Gasteiger partial charge < -0.3 is 14.8 Å². The highest BCUT2D eigenvalue weighted by atomic mass is 32.1. The van der Waals surface area contributed by atoms with Crippen molar-refractivity contribution in [3.8, 4) is 5.75 Å². The van der Waals surface area contributed by atoms with Crippen LogP contribution < -0.4 is 10.1 Å². The number of methoxy groups -OCH3 is 1. The number of amides is 1. The molecular formula is C18H19NO4S. The summed E-state index contributed by atoms with van der Waals surface area (Å²) in [4.78, 5) is 26.0. The Morgan fingerprint density at radius 3 is 2.88 bits per heavy atom. The topological polar surface area (TPSA) is 64.6 Å². The van der Waals surface area contributed by atoms with E-state index >= 15 is 0 Å². The summed E-state index contributed by atoms with van der Waals surface area (Å²) in [6.45, 7) is 2.09. The van der Waals surface area contributed by atoms with Gasteiger partial charge in [-0.2, -0.15) is 0 Å². The van der Waals surface area contributed by atoms with Crippen molar-refractivity contribution in [3.05, 3.63) is 45.8 Å². The summed E-state index contributed by atoms with van der Waals surface area (Å²) < 4.78 is 10.3. The van der Waals surface area contributed by atoms with E-state index in [9.17, 15) is 9.59 Å². The molecule has 1 aliphatic carbocycles. The monoisotopic (exact) mass is 345 g/mol. The maximum atomic E-state index is 12.5. The molecule has 1 N–H and O–H groups in total. The van der Waals surface area contributed by atoms with Crippen LogP contribution in [0.4, 0.5) is 5.00 Å². The third-order valence-electron chi connectivity index (χ3n) is 3.96. The van der Waals surface area contributed by atoms with E-state index in [0.717, 1.165) is 24.8 Å². The Labute approximate surface area is 144 Å². The first-order chi connectivity index (χ1) is 11.6. The van der Waals surface area contributed by atoms with Crippen LogP contribution in [0.15, 0.2) is 24.3 Å². The summed E-state index contributed by atoms with van der Waals surface area (Å²) in [5.41, 5.74) is 2.03. The molecule has 0 bridgehead atoms. The number of rotatable bonds is 5. The minimum absolute atomic E-state index is 0.264. The molecular weight excluding hydrogens is 326 g/mol. The lowest BCUT2D eigenvalue weighted by Crippen LogP contribution is -2.15. The molecule has 0 unspecified atom stereocenters. The average molecular weight is 345 g/mol. The van der Waals surface area contributed by atoms with Gasteiger partial charge in [-0.05, 0) is 49.9 Å². The van der Waals surface area contributed by atoms with Crippen molar-refractivity contribution in [2.45, 2.75) is 26.2 Å². The van der Waals surface area contributed by atoms with E-state index < -0.39 is 0 Å². The van der Waals surface area contributed by atoms with Crippen molar-refractivity contribution >= 4 is 28.2 Å². The molecule has 2 aromatic rings. The fraction of sp³-hybridized carbons (Fsp3) is 0.333. The van der Waals surface area contributed by atoms with Crippen LogP contribution in [-0.2, 0) is 17.6 Å². The maximum Gasteiger partial charge on any atom is 0.341 e. The lowest BCUT2D eigenvalue weighted by atomic mass is 10.1. The summed E-state index contributed by atoms with van der Waals surface area (Å²) in [6, 6.07) is 6.92. The number of hydrogen-bond donors (Lipinski definition) is 1. The number of fused-ring (bicyclic) bond motifs is 1. The normalized spacial score (nSPS) is 12.6. The molecule has 0 saturated carbocycles. The van der Waals surface area contributed by atoms with E-state index in [1.807, 2.05) is 0 Å². The predicted molar refractivity (Wildman–Crippen MR) is 93.2 cm³/mol. The van der Waals surface area contributed by atoms with Crippen LogP contribution in [0.1, 0.15) is 44.5 Å². The highest BCUT2D eigenvalue weighted by Crippen LogP contribution is 2.39. The quantitative estimate of drug-likeness (QED) is 0.840. The van der Waals surface area contributed by atoms with Crippen molar-refractivity contribution in [3.63, 3.8) is 0 Å². The van der Waals surface area contributed by atoms with Crippen LogP contribution in [0.2, 0.25) is 0 Å². The summed E-state index contributed by atoms with van der Waals surface area (Å²) in [7, 11) is 1.56. The van der Waals surface area contributed by atoms with Gasteiger partial charge >= 0.3 is 5.97 Å². The average Bonchev–Trinajstić information content (AvgIpc) is 3.15. The molecule has 5 nitrogen and oxygen atoms in total. The van der Waals surface area contributed by atoms with Gasteiger partial charge in [0.05, 0.1) is 19.3 Å². The molecule has 1 aromatic heterocycles. The number of aryl methyl sites for hydroxylation is 1. The van der Waals surface area contributed by atoms with Crippen LogP contribution in [0.3, 0.4) is 0 Å². The van der Waals surface area contributed by atoms with E-state index in [1.54, 1.807) is 38.3 Å². The molecule has 0 fully saturated rings.